The van der Waals surface area contributed by atoms with Crippen molar-refractivity contribution in [1.29, 1.82) is 0 Å². The third-order valence-electron chi connectivity index (χ3n) is 4.80. The average molecular weight is 255 g/mol. The van der Waals surface area contributed by atoms with Crippen molar-refractivity contribution in [2.45, 2.75) is 40.0 Å². The summed E-state index contributed by atoms with van der Waals surface area (Å²) in [6.45, 7) is 12.3. The van der Waals surface area contributed by atoms with Crippen LogP contribution in [0.3, 0.4) is 0 Å². The molecule has 2 atom stereocenters. The van der Waals surface area contributed by atoms with Gasteiger partial charge in [0.05, 0.1) is 13.2 Å². The first kappa shape index (κ1) is 14.3. The van der Waals surface area contributed by atoms with E-state index in [1.807, 2.05) is 0 Å². The van der Waals surface area contributed by atoms with Gasteiger partial charge in [-0.2, -0.15) is 0 Å². The number of hydrogen-bond donors (Lipinski definition) is 1. The van der Waals surface area contributed by atoms with Gasteiger partial charge in [0.15, 0.2) is 0 Å². The molecular weight excluding hydrogens is 226 g/mol. The first-order valence-corrected chi connectivity index (χ1v) is 7.36. The third kappa shape index (κ3) is 3.25. The van der Waals surface area contributed by atoms with Gasteiger partial charge < -0.3 is 14.7 Å². The van der Waals surface area contributed by atoms with Gasteiger partial charge in [-0.15, -0.1) is 0 Å². The lowest BCUT2D eigenvalue weighted by atomic mass is 9.80. The Hall–Kier alpha value is -0.120. The number of aliphatic hydroxyl groups is 1. The molecule has 2 aliphatic heterocycles. The fraction of sp³-hybridized carbons (Fsp3) is 1.00. The van der Waals surface area contributed by atoms with Gasteiger partial charge in [0.1, 0.15) is 0 Å². The van der Waals surface area contributed by atoms with Crippen LogP contribution in [0, 0.1) is 16.7 Å². The first-order chi connectivity index (χ1) is 8.45. The maximum absolute atomic E-state index is 9.72. The normalized spacial score (nSPS) is 35.0. The fourth-order valence-corrected chi connectivity index (χ4v) is 3.37. The van der Waals surface area contributed by atoms with E-state index < -0.39 is 0 Å². The minimum absolute atomic E-state index is 0.00498. The van der Waals surface area contributed by atoms with Crippen molar-refractivity contribution >= 4 is 0 Å². The summed E-state index contributed by atoms with van der Waals surface area (Å²) in [7, 11) is 0. The van der Waals surface area contributed by atoms with E-state index in [0.717, 1.165) is 38.5 Å². The number of nitrogens with zero attached hydrogens (tertiary/aromatic N) is 1. The molecule has 2 heterocycles. The third-order valence-corrected chi connectivity index (χ3v) is 4.80. The van der Waals surface area contributed by atoms with Crippen molar-refractivity contribution in [3.05, 3.63) is 0 Å². The summed E-state index contributed by atoms with van der Waals surface area (Å²) in [6, 6.07) is 0. The minimum Gasteiger partial charge on any atom is -0.396 e. The number of likely N-dealkylation sites (tertiary alicyclic amines) is 1. The van der Waals surface area contributed by atoms with Crippen LogP contribution in [0.1, 0.15) is 40.0 Å². The molecule has 0 bridgehead atoms. The second-order valence-corrected chi connectivity index (χ2v) is 7.40. The van der Waals surface area contributed by atoms with Crippen LogP contribution in [0.15, 0.2) is 0 Å². The second-order valence-electron chi connectivity index (χ2n) is 7.40. The van der Waals surface area contributed by atoms with Crippen molar-refractivity contribution in [2.24, 2.45) is 16.7 Å². The predicted octanol–water partition coefficient (Wildman–Crippen LogP) is 2.14. The lowest BCUT2D eigenvalue weighted by molar-refractivity contribution is -0.0533. The lowest BCUT2D eigenvalue weighted by Crippen LogP contribution is -2.45. The maximum atomic E-state index is 9.72. The zero-order valence-corrected chi connectivity index (χ0v) is 12.2. The van der Waals surface area contributed by atoms with Crippen molar-refractivity contribution in [2.75, 3.05) is 39.5 Å². The molecule has 18 heavy (non-hydrogen) atoms. The molecule has 106 valence electrons. The number of aliphatic hydroxyl groups excluding tert-OH is 1. The monoisotopic (exact) mass is 255 g/mol. The fourth-order valence-electron chi connectivity index (χ4n) is 3.37. The summed E-state index contributed by atoms with van der Waals surface area (Å²) in [5, 5.41) is 9.72. The predicted molar refractivity (Wildman–Crippen MR) is 73.6 cm³/mol. The van der Waals surface area contributed by atoms with E-state index in [2.05, 4.69) is 25.7 Å². The summed E-state index contributed by atoms with van der Waals surface area (Å²) >= 11 is 0. The van der Waals surface area contributed by atoms with Gasteiger partial charge >= 0.3 is 0 Å². The summed E-state index contributed by atoms with van der Waals surface area (Å²) < 4.78 is 5.59. The molecule has 2 unspecified atom stereocenters. The quantitative estimate of drug-likeness (QED) is 0.838. The highest BCUT2D eigenvalue weighted by Crippen LogP contribution is 2.36. The first-order valence-electron chi connectivity index (χ1n) is 7.36. The summed E-state index contributed by atoms with van der Waals surface area (Å²) in [5.41, 5.74) is 0.412. The summed E-state index contributed by atoms with van der Waals surface area (Å²) in [4.78, 5) is 2.54. The van der Waals surface area contributed by atoms with Crippen LogP contribution in [0.4, 0.5) is 0 Å². The van der Waals surface area contributed by atoms with Crippen molar-refractivity contribution in [3.8, 4) is 0 Å². The molecule has 0 saturated carbocycles. The molecule has 0 aromatic rings. The molecule has 2 saturated heterocycles. The second kappa shape index (κ2) is 5.48. The molecular formula is C15H29NO2. The zero-order chi connectivity index (χ0) is 13.2. The van der Waals surface area contributed by atoms with Crippen LogP contribution in [-0.4, -0.2) is 49.5 Å². The van der Waals surface area contributed by atoms with E-state index in [-0.39, 0.29) is 12.0 Å². The highest BCUT2D eigenvalue weighted by Gasteiger charge is 2.38. The molecule has 2 fully saturated rings. The molecule has 0 spiro atoms. The molecule has 0 aromatic heterocycles. The molecule has 0 aromatic carbocycles. The lowest BCUT2D eigenvalue weighted by Gasteiger charge is -2.38. The molecule has 2 rings (SSSR count). The highest BCUT2D eigenvalue weighted by atomic mass is 16.5. The van der Waals surface area contributed by atoms with E-state index in [1.54, 1.807) is 0 Å². The van der Waals surface area contributed by atoms with Gasteiger partial charge in [0.2, 0.25) is 0 Å². The Bertz CT molecular complexity index is 266. The van der Waals surface area contributed by atoms with Crippen LogP contribution in [0.2, 0.25) is 0 Å². The smallest absolute Gasteiger partial charge is 0.0556 e. The Morgan fingerprint density at radius 1 is 1.39 bits per heavy atom. The Balaban J connectivity index is 1.90. The van der Waals surface area contributed by atoms with Crippen molar-refractivity contribution in [1.82, 2.24) is 4.90 Å². The van der Waals surface area contributed by atoms with E-state index >= 15 is 0 Å². The van der Waals surface area contributed by atoms with Gasteiger partial charge in [-0.25, -0.2) is 0 Å². The van der Waals surface area contributed by atoms with Crippen molar-refractivity contribution < 1.29 is 9.84 Å². The average Bonchev–Trinajstić information content (AvgIpc) is 2.78. The molecule has 0 radical (unpaired) electrons. The van der Waals surface area contributed by atoms with Gasteiger partial charge in [-0.3, -0.25) is 0 Å². The van der Waals surface area contributed by atoms with E-state index in [0.29, 0.717) is 5.41 Å². The summed E-state index contributed by atoms with van der Waals surface area (Å²) in [6.07, 6.45) is 3.50. The SMILES string of the molecule is CC(C)(C)C1CCN(CC2(CO)CCCOC2)C1. The van der Waals surface area contributed by atoms with E-state index in [9.17, 15) is 5.11 Å². The Kier molecular flexibility index (Phi) is 4.35. The number of rotatable bonds is 3. The largest absolute Gasteiger partial charge is 0.396 e. The van der Waals surface area contributed by atoms with Gasteiger partial charge in [-0.05, 0) is 37.1 Å². The van der Waals surface area contributed by atoms with Gasteiger partial charge in [0.25, 0.3) is 0 Å². The van der Waals surface area contributed by atoms with Crippen LogP contribution in [0.25, 0.3) is 0 Å². The minimum atomic E-state index is 0.00498. The van der Waals surface area contributed by atoms with Crippen LogP contribution in [-0.2, 0) is 4.74 Å². The summed E-state index contributed by atoms with van der Waals surface area (Å²) in [5.74, 6) is 0.790. The highest BCUT2D eigenvalue weighted by molar-refractivity contribution is 4.90. The van der Waals surface area contributed by atoms with E-state index in [4.69, 9.17) is 4.74 Å². The van der Waals surface area contributed by atoms with Crippen molar-refractivity contribution in [3.63, 3.8) is 0 Å². The Labute approximate surface area is 112 Å². The Morgan fingerprint density at radius 3 is 2.67 bits per heavy atom. The number of hydrogen-bond acceptors (Lipinski definition) is 3. The van der Waals surface area contributed by atoms with Gasteiger partial charge in [-0.1, -0.05) is 20.8 Å². The van der Waals surface area contributed by atoms with Crippen LogP contribution < -0.4 is 0 Å². The topological polar surface area (TPSA) is 32.7 Å². The number of ether oxygens (including phenoxy) is 1. The molecule has 2 aliphatic rings. The van der Waals surface area contributed by atoms with E-state index in [1.165, 1.54) is 19.5 Å². The van der Waals surface area contributed by atoms with Gasteiger partial charge in [0, 0.05) is 25.1 Å². The molecule has 3 nitrogen and oxygen atoms in total. The Morgan fingerprint density at radius 2 is 2.17 bits per heavy atom. The maximum Gasteiger partial charge on any atom is 0.0556 e. The molecule has 0 aliphatic carbocycles. The molecule has 0 amide bonds. The molecule has 1 N–H and O–H groups in total. The molecule has 3 heteroatoms. The standard InChI is InChI=1S/C15H29NO2/c1-14(2,3)13-5-7-16(9-13)10-15(11-17)6-4-8-18-12-15/h13,17H,4-12H2,1-3H3. The van der Waals surface area contributed by atoms with Crippen LogP contribution >= 0.6 is 0 Å². The zero-order valence-electron chi connectivity index (χ0n) is 12.2. The van der Waals surface area contributed by atoms with Crippen LogP contribution in [0.5, 0.6) is 0 Å².